The summed E-state index contributed by atoms with van der Waals surface area (Å²) in [7, 11) is 0. The average Bonchev–Trinajstić information content (AvgIpc) is 1.65. The predicted molar refractivity (Wildman–Crippen MR) is 40.4 cm³/mol. The molecule has 0 bridgehead atoms. The van der Waals surface area contributed by atoms with Crippen LogP contribution in [0.5, 0.6) is 0 Å². The molecule has 0 aliphatic carbocycles. The largest absolute Gasteiger partial charge is 0.512 e. The molecule has 1 N–H and O–H groups in total. The van der Waals surface area contributed by atoms with Gasteiger partial charge in [0.2, 0.25) is 0 Å². The van der Waals surface area contributed by atoms with Gasteiger partial charge in [-0.15, -0.1) is 0 Å². The van der Waals surface area contributed by atoms with Crippen LogP contribution in [0.25, 0.3) is 0 Å². The van der Waals surface area contributed by atoms with E-state index in [-0.39, 0.29) is 11.2 Å². The molecule has 0 aliphatic rings. The number of aliphatic hydroxyl groups is 1. The van der Waals surface area contributed by atoms with Gasteiger partial charge >= 0.3 is 0 Å². The quantitative estimate of drug-likeness (QED) is 0.567. The van der Waals surface area contributed by atoms with Gasteiger partial charge in [-0.1, -0.05) is 34.3 Å². The lowest BCUT2D eigenvalue weighted by atomic mass is 9.80. The maximum atomic E-state index is 9.06. The Bertz CT molecular complexity index is 112. The first-order valence-corrected chi connectivity index (χ1v) is 3.27. The second kappa shape index (κ2) is 2.42. The Morgan fingerprint density at radius 3 is 1.78 bits per heavy atom. The Labute approximate surface area is 57.4 Å². The van der Waals surface area contributed by atoms with Crippen LogP contribution in [0.15, 0.2) is 12.3 Å². The number of allylic oxidation sites excluding steroid dienone is 1. The third-order valence-corrected chi connectivity index (χ3v) is 2.19. The minimum Gasteiger partial charge on any atom is -0.512 e. The van der Waals surface area contributed by atoms with Crippen molar-refractivity contribution in [2.45, 2.75) is 27.7 Å². The van der Waals surface area contributed by atoms with E-state index in [1.807, 2.05) is 13.8 Å². The third-order valence-electron chi connectivity index (χ3n) is 2.19. The molecular formula is C8H16O. The molecular weight excluding hydrogens is 112 g/mol. The third kappa shape index (κ3) is 1.74. The fraction of sp³-hybridized carbons (Fsp3) is 0.750. The number of aliphatic hydroxyl groups excluding tert-OH is 1. The van der Waals surface area contributed by atoms with Crippen LogP contribution < -0.4 is 0 Å². The lowest BCUT2D eigenvalue weighted by Gasteiger charge is -2.27. The van der Waals surface area contributed by atoms with E-state index in [1.165, 1.54) is 0 Å². The highest BCUT2D eigenvalue weighted by Gasteiger charge is 2.25. The minimum atomic E-state index is -0.139. The molecule has 0 aliphatic heterocycles. The molecule has 0 rings (SSSR count). The second-order valence-electron chi connectivity index (χ2n) is 3.32. The van der Waals surface area contributed by atoms with E-state index in [0.29, 0.717) is 5.92 Å². The van der Waals surface area contributed by atoms with Crippen LogP contribution in [0.3, 0.4) is 0 Å². The van der Waals surface area contributed by atoms with Gasteiger partial charge in [-0.3, -0.25) is 0 Å². The Kier molecular flexibility index (Phi) is 2.30. The topological polar surface area (TPSA) is 20.2 Å². The molecule has 0 aromatic rings. The zero-order chi connectivity index (χ0) is 7.65. The van der Waals surface area contributed by atoms with Crippen LogP contribution >= 0.6 is 0 Å². The summed E-state index contributed by atoms with van der Waals surface area (Å²) in [6.45, 7) is 11.6. The van der Waals surface area contributed by atoms with E-state index in [2.05, 4.69) is 20.4 Å². The van der Waals surface area contributed by atoms with E-state index in [0.717, 1.165) is 0 Å². The van der Waals surface area contributed by atoms with E-state index < -0.39 is 0 Å². The van der Waals surface area contributed by atoms with Gasteiger partial charge in [0, 0.05) is 5.41 Å². The van der Waals surface area contributed by atoms with Crippen LogP contribution in [0, 0.1) is 11.3 Å². The molecule has 9 heavy (non-hydrogen) atoms. The summed E-state index contributed by atoms with van der Waals surface area (Å²) in [6, 6.07) is 0. The highest BCUT2D eigenvalue weighted by Crippen LogP contribution is 2.31. The van der Waals surface area contributed by atoms with Crippen LogP contribution in [-0.2, 0) is 0 Å². The summed E-state index contributed by atoms with van der Waals surface area (Å²) >= 11 is 0. The summed E-state index contributed by atoms with van der Waals surface area (Å²) in [6.07, 6.45) is 0. The highest BCUT2D eigenvalue weighted by atomic mass is 16.3. The van der Waals surface area contributed by atoms with E-state index >= 15 is 0 Å². The maximum Gasteiger partial charge on any atom is 0.0909 e. The second-order valence-corrected chi connectivity index (χ2v) is 3.32. The summed E-state index contributed by atoms with van der Waals surface area (Å²) in [5, 5.41) is 9.06. The molecule has 0 heterocycles. The van der Waals surface area contributed by atoms with Crippen molar-refractivity contribution >= 4 is 0 Å². The van der Waals surface area contributed by atoms with Crippen molar-refractivity contribution in [3.63, 3.8) is 0 Å². The minimum absolute atomic E-state index is 0.139. The molecule has 1 heteroatoms. The van der Waals surface area contributed by atoms with Crippen molar-refractivity contribution in [1.82, 2.24) is 0 Å². The van der Waals surface area contributed by atoms with Gasteiger partial charge in [0.1, 0.15) is 0 Å². The molecule has 0 saturated heterocycles. The highest BCUT2D eigenvalue weighted by molar-refractivity contribution is 4.97. The summed E-state index contributed by atoms with van der Waals surface area (Å²) in [5.41, 5.74) is -0.139. The monoisotopic (exact) mass is 128 g/mol. The normalized spacial score (nSPS) is 12.1. The van der Waals surface area contributed by atoms with Crippen LogP contribution in [0.4, 0.5) is 0 Å². The van der Waals surface area contributed by atoms with Gasteiger partial charge in [-0.05, 0) is 5.92 Å². The van der Waals surface area contributed by atoms with Crippen molar-refractivity contribution in [1.29, 1.82) is 0 Å². The first-order chi connectivity index (χ1) is 3.89. The van der Waals surface area contributed by atoms with Gasteiger partial charge in [-0.25, -0.2) is 0 Å². The molecule has 0 amide bonds. The first-order valence-electron chi connectivity index (χ1n) is 3.27. The Morgan fingerprint density at radius 2 is 1.78 bits per heavy atom. The van der Waals surface area contributed by atoms with Crippen molar-refractivity contribution in [3.8, 4) is 0 Å². The lowest BCUT2D eigenvalue weighted by Crippen LogP contribution is -2.20. The molecule has 0 aromatic carbocycles. The molecule has 0 saturated carbocycles. The Balaban J connectivity index is 4.19. The van der Waals surface area contributed by atoms with Gasteiger partial charge in [0.15, 0.2) is 0 Å². The van der Waals surface area contributed by atoms with Crippen LogP contribution in [0.1, 0.15) is 27.7 Å². The van der Waals surface area contributed by atoms with Crippen molar-refractivity contribution in [2.24, 2.45) is 11.3 Å². The van der Waals surface area contributed by atoms with Gasteiger partial charge < -0.3 is 5.11 Å². The van der Waals surface area contributed by atoms with Crippen molar-refractivity contribution in [3.05, 3.63) is 12.3 Å². The molecule has 0 unspecified atom stereocenters. The molecule has 0 atom stereocenters. The number of hydrogen-bond acceptors (Lipinski definition) is 1. The number of rotatable bonds is 2. The Hall–Kier alpha value is -0.460. The average molecular weight is 128 g/mol. The molecule has 54 valence electrons. The summed E-state index contributed by atoms with van der Waals surface area (Å²) < 4.78 is 0. The maximum absolute atomic E-state index is 9.06. The molecule has 1 nitrogen and oxygen atoms in total. The first kappa shape index (κ1) is 8.54. The number of hydrogen-bond donors (Lipinski definition) is 1. The smallest absolute Gasteiger partial charge is 0.0909 e. The fourth-order valence-electron chi connectivity index (χ4n) is 0.333. The molecule has 0 radical (unpaired) electrons. The zero-order valence-electron chi connectivity index (χ0n) is 6.73. The zero-order valence-corrected chi connectivity index (χ0v) is 6.73. The Morgan fingerprint density at radius 1 is 1.44 bits per heavy atom. The van der Waals surface area contributed by atoms with E-state index in [4.69, 9.17) is 5.11 Å². The predicted octanol–water partition coefficient (Wildman–Crippen LogP) is 2.74. The van der Waals surface area contributed by atoms with Crippen molar-refractivity contribution < 1.29 is 5.11 Å². The van der Waals surface area contributed by atoms with Gasteiger partial charge in [0.05, 0.1) is 5.76 Å². The van der Waals surface area contributed by atoms with Gasteiger partial charge in [-0.2, -0.15) is 0 Å². The van der Waals surface area contributed by atoms with E-state index in [1.54, 1.807) is 0 Å². The van der Waals surface area contributed by atoms with Crippen molar-refractivity contribution in [2.75, 3.05) is 0 Å². The summed E-state index contributed by atoms with van der Waals surface area (Å²) in [5.74, 6) is 0.715. The fourth-order valence-corrected chi connectivity index (χ4v) is 0.333. The van der Waals surface area contributed by atoms with E-state index in [9.17, 15) is 0 Å². The van der Waals surface area contributed by atoms with Crippen LogP contribution in [0.2, 0.25) is 0 Å². The van der Waals surface area contributed by atoms with Crippen LogP contribution in [-0.4, -0.2) is 5.11 Å². The standard InChI is InChI=1S/C8H16O/c1-6(2)8(4,5)7(3)9/h6,9H,3H2,1-2,4-5H3. The molecule has 0 spiro atoms. The lowest BCUT2D eigenvalue weighted by molar-refractivity contribution is 0.198. The SMILES string of the molecule is C=C(O)C(C)(C)C(C)C. The summed E-state index contributed by atoms with van der Waals surface area (Å²) in [4.78, 5) is 0. The van der Waals surface area contributed by atoms with Gasteiger partial charge in [0.25, 0.3) is 0 Å². The molecule has 0 fully saturated rings. The molecule has 0 aromatic heterocycles.